The molecule has 0 spiro atoms. The quantitative estimate of drug-likeness (QED) is 0.628. The van der Waals surface area contributed by atoms with E-state index in [4.69, 9.17) is 0 Å². The summed E-state index contributed by atoms with van der Waals surface area (Å²) in [7, 11) is -3.57. The summed E-state index contributed by atoms with van der Waals surface area (Å²) in [5.41, 5.74) is 3.98. The van der Waals surface area contributed by atoms with Crippen molar-refractivity contribution in [1.29, 1.82) is 0 Å². The molecule has 146 valence electrons. The molecule has 0 unspecified atom stereocenters. The van der Waals surface area contributed by atoms with E-state index in [1.807, 2.05) is 19.9 Å². The lowest BCUT2D eigenvalue weighted by atomic mass is 10.2. The van der Waals surface area contributed by atoms with Gasteiger partial charge in [-0.15, -0.1) is 11.8 Å². The van der Waals surface area contributed by atoms with Gasteiger partial charge in [-0.1, -0.05) is 42.0 Å². The topological polar surface area (TPSA) is 75.3 Å². The predicted octanol–water partition coefficient (Wildman–Crippen LogP) is 2.94. The monoisotopic (exact) mass is 406 g/mol. The van der Waals surface area contributed by atoms with E-state index in [0.29, 0.717) is 11.3 Å². The first-order chi connectivity index (χ1) is 12.8. The van der Waals surface area contributed by atoms with Gasteiger partial charge in [-0.2, -0.15) is 0 Å². The zero-order valence-electron chi connectivity index (χ0n) is 15.9. The zero-order chi connectivity index (χ0) is 19.9. The van der Waals surface area contributed by atoms with Crippen LogP contribution in [0, 0.1) is 20.8 Å². The van der Waals surface area contributed by atoms with Gasteiger partial charge in [-0.05, 0) is 43.5 Å². The molecular weight excluding hydrogens is 380 g/mol. The number of benzene rings is 2. The molecule has 0 aromatic heterocycles. The molecule has 0 fully saturated rings. The molecule has 0 radical (unpaired) electrons. The van der Waals surface area contributed by atoms with Crippen molar-refractivity contribution < 1.29 is 13.2 Å². The van der Waals surface area contributed by atoms with Crippen molar-refractivity contribution >= 4 is 27.7 Å². The Morgan fingerprint density at radius 3 is 2.33 bits per heavy atom. The standard InChI is InChI=1S/C20H26N2O3S2/c1-15-5-8-18(9-6-15)13-26-14-20(23)21-10-11-22-27(24,25)19-12-16(2)4-7-17(19)3/h4-9,12,22H,10-11,13-14H2,1-3H3,(H,21,23). The predicted molar refractivity (Wildman–Crippen MR) is 111 cm³/mol. The van der Waals surface area contributed by atoms with Crippen molar-refractivity contribution in [3.05, 3.63) is 64.7 Å². The fraction of sp³-hybridized carbons (Fsp3) is 0.350. The molecule has 1 amide bonds. The average Bonchev–Trinajstić information content (AvgIpc) is 2.62. The molecule has 0 bridgehead atoms. The van der Waals surface area contributed by atoms with Crippen LogP contribution in [0.15, 0.2) is 47.4 Å². The van der Waals surface area contributed by atoms with Crippen LogP contribution in [0.3, 0.4) is 0 Å². The first kappa shape index (κ1) is 21.5. The van der Waals surface area contributed by atoms with Crippen LogP contribution in [0.5, 0.6) is 0 Å². The van der Waals surface area contributed by atoms with Crippen LogP contribution in [0.1, 0.15) is 22.3 Å². The Hall–Kier alpha value is -1.83. The van der Waals surface area contributed by atoms with Crippen LogP contribution < -0.4 is 10.0 Å². The molecular formula is C20H26N2O3S2. The molecule has 2 aromatic carbocycles. The van der Waals surface area contributed by atoms with E-state index in [2.05, 4.69) is 34.3 Å². The second-order valence-corrected chi connectivity index (χ2v) is 9.22. The van der Waals surface area contributed by atoms with Gasteiger partial charge in [0.05, 0.1) is 10.6 Å². The van der Waals surface area contributed by atoms with E-state index in [1.54, 1.807) is 19.1 Å². The van der Waals surface area contributed by atoms with Crippen molar-refractivity contribution in [2.24, 2.45) is 0 Å². The second-order valence-electron chi connectivity index (χ2n) is 6.50. The Kier molecular flexibility index (Phi) is 7.89. The van der Waals surface area contributed by atoms with Crippen LogP contribution in [0.4, 0.5) is 0 Å². The van der Waals surface area contributed by atoms with Gasteiger partial charge in [-0.3, -0.25) is 4.79 Å². The van der Waals surface area contributed by atoms with Gasteiger partial charge in [0.1, 0.15) is 0 Å². The molecule has 0 heterocycles. The highest BCUT2D eigenvalue weighted by molar-refractivity contribution is 7.99. The molecule has 0 aliphatic carbocycles. The number of hydrogen-bond donors (Lipinski definition) is 2. The smallest absolute Gasteiger partial charge is 0.240 e. The number of aryl methyl sites for hydroxylation is 3. The highest BCUT2D eigenvalue weighted by atomic mass is 32.2. The lowest BCUT2D eigenvalue weighted by Gasteiger charge is -2.11. The Bertz CT molecular complexity index is 879. The molecule has 0 aliphatic rings. The summed E-state index contributed by atoms with van der Waals surface area (Å²) in [4.78, 5) is 12.2. The van der Waals surface area contributed by atoms with Crippen molar-refractivity contribution in [2.45, 2.75) is 31.4 Å². The number of nitrogens with one attached hydrogen (secondary N) is 2. The van der Waals surface area contributed by atoms with E-state index >= 15 is 0 Å². The van der Waals surface area contributed by atoms with Gasteiger partial charge >= 0.3 is 0 Å². The van der Waals surface area contributed by atoms with Gasteiger partial charge in [-0.25, -0.2) is 13.1 Å². The number of rotatable bonds is 9. The van der Waals surface area contributed by atoms with Crippen LogP contribution in [-0.2, 0) is 20.6 Å². The number of carbonyl (C=O) groups is 1. The van der Waals surface area contributed by atoms with Crippen LogP contribution >= 0.6 is 11.8 Å². The van der Waals surface area contributed by atoms with E-state index in [9.17, 15) is 13.2 Å². The Balaban J connectivity index is 1.70. The number of hydrogen-bond acceptors (Lipinski definition) is 4. The van der Waals surface area contributed by atoms with E-state index < -0.39 is 10.0 Å². The SMILES string of the molecule is Cc1ccc(CSCC(=O)NCCNS(=O)(=O)c2cc(C)ccc2C)cc1. The molecule has 2 rings (SSSR count). The Labute approximate surface area is 166 Å². The van der Waals surface area contributed by atoms with Crippen LogP contribution in [-0.4, -0.2) is 33.2 Å². The summed E-state index contributed by atoms with van der Waals surface area (Å²) in [5.74, 6) is 1.02. The third-order valence-electron chi connectivity index (χ3n) is 3.99. The molecule has 27 heavy (non-hydrogen) atoms. The maximum absolute atomic E-state index is 12.4. The van der Waals surface area contributed by atoms with Crippen LogP contribution in [0.2, 0.25) is 0 Å². The largest absolute Gasteiger partial charge is 0.354 e. The van der Waals surface area contributed by atoms with E-state index in [0.717, 1.165) is 11.3 Å². The fourth-order valence-electron chi connectivity index (χ4n) is 2.46. The van der Waals surface area contributed by atoms with Gasteiger partial charge in [0.25, 0.3) is 0 Å². The second kappa shape index (κ2) is 9.92. The molecule has 2 N–H and O–H groups in total. The minimum absolute atomic E-state index is 0.0990. The van der Waals surface area contributed by atoms with E-state index in [-0.39, 0.29) is 23.9 Å². The lowest BCUT2D eigenvalue weighted by Crippen LogP contribution is -2.35. The first-order valence-corrected chi connectivity index (χ1v) is 11.4. The van der Waals surface area contributed by atoms with Crippen molar-refractivity contribution in [1.82, 2.24) is 10.0 Å². The fourth-order valence-corrected chi connectivity index (χ4v) is 4.64. The normalized spacial score (nSPS) is 11.4. The third-order valence-corrected chi connectivity index (χ3v) is 6.60. The number of amides is 1. The molecule has 0 saturated carbocycles. The molecule has 2 aromatic rings. The van der Waals surface area contributed by atoms with Crippen molar-refractivity contribution in [3.8, 4) is 0 Å². The maximum atomic E-state index is 12.4. The van der Waals surface area contributed by atoms with Crippen molar-refractivity contribution in [2.75, 3.05) is 18.8 Å². The van der Waals surface area contributed by atoms with Gasteiger partial charge in [0, 0.05) is 18.8 Å². The Morgan fingerprint density at radius 2 is 1.63 bits per heavy atom. The van der Waals surface area contributed by atoms with Crippen LogP contribution in [0.25, 0.3) is 0 Å². The summed E-state index contributed by atoms with van der Waals surface area (Å²) in [6, 6.07) is 13.5. The summed E-state index contributed by atoms with van der Waals surface area (Å²) >= 11 is 1.53. The summed E-state index contributed by atoms with van der Waals surface area (Å²) in [6.07, 6.45) is 0. The average molecular weight is 407 g/mol. The third kappa shape index (κ3) is 7.01. The molecule has 0 atom stereocenters. The van der Waals surface area contributed by atoms with E-state index in [1.165, 1.54) is 22.9 Å². The number of carbonyl (C=O) groups excluding carboxylic acids is 1. The van der Waals surface area contributed by atoms with Gasteiger partial charge in [0.2, 0.25) is 15.9 Å². The number of sulfonamides is 1. The highest BCUT2D eigenvalue weighted by Gasteiger charge is 2.16. The summed E-state index contributed by atoms with van der Waals surface area (Å²) < 4.78 is 27.3. The highest BCUT2D eigenvalue weighted by Crippen LogP contribution is 2.16. The minimum atomic E-state index is -3.57. The minimum Gasteiger partial charge on any atom is -0.354 e. The first-order valence-electron chi connectivity index (χ1n) is 8.75. The maximum Gasteiger partial charge on any atom is 0.240 e. The van der Waals surface area contributed by atoms with Crippen molar-refractivity contribution in [3.63, 3.8) is 0 Å². The summed E-state index contributed by atoms with van der Waals surface area (Å²) in [5, 5.41) is 2.74. The molecule has 5 nitrogen and oxygen atoms in total. The molecule has 0 saturated heterocycles. The number of thioether (sulfide) groups is 1. The zero-order valence-corrected chi connectivity index (χ0v) is 17.5. The molecule has 0 aliphatic heterocycles. The lowest BCUT2D eigenvalue weighted by molar-refractivity contribution is -0.118. The summed E-state index contributed by atoms with van der Waals surface area (Å²) in [6.45, 7) is 6.07. The van der Waals surface area contributed by atoms with Gasteiger partial charge < -0.3 is 5.32 Å². The molecule has 7 heteroatoms. The van der Waals surface area contributed by atoms with Gasteiger partial charge in [0.15, 0.2) is 0 Å². The Morgan fingerprint density at radius 1 is 0.963 bits per heavy atom.